The molecule has 0 unspecified atom stereocenters. The lowest BCUT2D eigenvalue weighted by Crippen LogP contribution is -2.30. The number of carbonyl (C=O) groups excluding carboxylic acids is 2. The summed E-state index contributed by atoms with van der Waals surface area (Å²) in [5.74, 6) is -0.357. The zero-order valence-electron chi connectivity index (χ0n) is 18.1. The van der Waals surface area contributed by atoms with Gasteiger partial charge in [-0.05, 0) is 92.0 Å². The Morgan fingerprint density at radius 3 is 2.65 bits per heavy atom. The molecule has 0 bridgehead atoms. The van der Waals surface area contributed by atoms with E-state index in [1.54, 1.807) is 11.3 Å². The van der Waals surface area contributed by atoms with Gasteiger partial charge in [0.25, 0.3) is 0 Å². The van der Waals surface area contributed by atoms with Crippen molar-refractivity contribution in [1.29, 1.82) is 0 Å². The first kappa shape index (κ1) is 22.8. The first-order valence-electron chi connectivity index (χ1n) is 10.7. The highest BCUT2D eigenvalue weighted by molar-refractivity contribution is 9.11. The highest BCUT2D eigenvalue weighted by Gasteiger charge is 2.30. The van der Waals surface area contributed by atoms with Crippen molar-refractivity contribution in [2.75, 3.05) is 11.9 Å². The first-order valence-corrected chi connectivity index (χ1v) is 13.1. The van der Waals surface area contributed by atoms with Crippen molar-refractivity contribution in [3.63, 3.8) is 0 Å². The van der Waals surface area contributed by atoms with Gasteiger partial charge in [0.2, 0.25) is 0 Å². The van der Waals surface area contributed by atoms with Crippen molar-refractivity contribution in [1.82, 2.24) is 10.6 Å². The summed E-state index contributed by atoms with van der Waals surface area (Å²) >= 11 is 6.88. The van der Waals surface area contributed by atoms with Crippen LogP contribution in [0, 0.1) is 0 Å². The van der Waals surface area contributed by atoms with Gasteiger partial charge in [-0.25, -0.2) is 9.59 Å². The van der Waals surface area contributed by atoms with E-state index in [4.69, 9.17) is 4.74 Å². The van der Waals surface area contributed by atoms with Gasteiger partial charge in [0.1, 0.15) is 10.6 Å². The molecule has 4 rings (SSSR count). The number of aryl methyl sites for hydroxylation is 1. The third-order valence-corrected chi connectivity index (χ3v) is 8.65. The standard InChI is InChI=1S/C22H28BrN3O3S2/c1-22(2,3)29-20(27)17-13-6-4-5-7-15(13)31-19(17)26-21(28)25-10-14-12-8-9-24-11-16(12)30-18(14)23/h24H,4-11H2,1-3H3,(H2,25,26,28). The van der Waals surface area contributed by atoms with E-state index in [0.717, 1.165) is 60.1 Å². The molecular weight excluding hydrogens is 498 g/mol. The van der Waals surface area contributed by atoms with Crippen LogP contribution in [0.5, 0.6) is 0 Å². The fourth-order valence-electron chi connectivity index (χ4n) is 4.06. The van der Waals surface area contributed by atoms with E-state index in [1.807, 2.05) is 20.8 Å². The molecule has 6 nitrogen and oxygen atoms in total. The maximum Gasteiger partial charge on any atom is 0.341 e. The summed E-state index contributed by atoms with van der Waals surface area (Å²) in [4.78, 5) is 28.2. The van der Waals surface area contributed by atoms with Gasteiger partial charge in [-0.3, -0.25) is 5.32 Å². The minimum absolute atomic E-state index is 0.302. The number of hydrogen-bond acceptors (Lipinski definition) is 6. The average molecular weight is 527 g/mol. The van der Waals surface area contributed by atoms with Crippen LogP contribution in [0.3, 0.4) is 0 Å². The van der Waals surface area contributed by atoms with Crippen LogP contribution in [0.1, 0.15) is 70.4 Å². The first-order chi connectivity index (χ1) is 14.7. The van der Waals surface area contributed by atoms with Gasteiger partial charge in [-0.15, -0.1) is 22.7 Å². The van der Waals surface area contributed by atoms with Gasteiger partial charge >= 0.3 is 12.0 Å². The number of urea groups is 1. The molecule has 3 N–H and O–H groups in total. The summed E-state index contributed by atoms with van der Waals surface area (Å²) in [6.45, 7) is 7.86. The molecule has 9 heteroatoms. The Labute approximate surface area is 199 Å². The Balaban J connectivity index is 1.50. The number of fused-ring (bicyclic) bond motifs is 2. The maximum atomic E-state index is 12.9. The summed E-state index contributed by atoms with van der Waals surface area (Å²) in [5.41, 5.74) is 3.47. The second-order valence-electron chi connectivity index (χ2n) is 8.91. The molecule has 1 aliphatic heterocycles. The molecule has 0 spiro atoms. The van der Waals surface area contributed by atoms with E-state index in [0.29, 0.717) is 17.1 Å². The number of esters is 1. The van der Waals surface area contributed by atoms with Crippen LogP contribution in [0.2, 0.25) is 0 Å². The molecule has 0 atom stereocenters. The van der Waals surface area contributed by atoms with E-state index in [-0.39, 0.29) is 12.0 Å². The van der Waals surface area contributed by atoms with Crippen molar-refractivity contribution < 1.29 is 14.3 Å². The summed E-state index contributed by atoms with van der Waals surface area (Å²) in [7, 11) is 0. The third kappa shape index (κ3) is 5.16. The number of hydrogen-bond donors (Lipinski definition) is 3. The van der Waals surface area contributed by atoms with Crippen molar-refractivity contribution in [3.05, 3.63) is 35.8 Å². The molecule has 0 saturated carbocycles. The fraction of sp³-hybridized carbons (Fsp3) is 0.545. The second-order valence-corrected chi connectivity index (χ2v) is 12.4. The largest absolute Gasteiger partial charge is 0.456 e. The van der Waals surface area contributed by atoms with Crippen LogP contribution in [0.4, 0.5) is 9.80 Å². The number of ether oxygens (including phenoxy) is 1. The lowest BCUT2D eigenvalue weighted by atomic mass is 9.95. The number of rotatable bonds is 4. The Hall–Kier alpha value is -1.42. The molecular formula is C22H28BrN3O3S2. The van der Waals surface area contributed by atoms with Gasteiger partial charge in [-0.1, -0.05) is 0 Å². The van der Waals surface area contributed by atoms with Crippen molar-refractivity contribution in [2.24, 2.45) is 0 Å². The van der Waals surface area contributed by atoms with Crippen LogP contribution in [-0.4, -0.2) is 24.1 Å². The SMILES string of the molecule is CC(C)(C)OC(=O)c1c(NC(=O)NCc2c(Br)sc3c2CCNC3)sc2c1CCCC2. The second kappa shape index (κ2) is 9.21. The smallest absolute Gasteiger partial charge is 0.341 e. The van der Waals surface area contributed by atoms with E-state index in [9.17, 15) is 9.59 Å². The minimum Gasteiger partial charge on any atom is -0.456 e. The predicted octanol–water partition coefficient (Wildman–Crippen LogP) is 5.37. The van der Waals surface area contributed by atoms with Crippen LogP contribution in [0.25, 0.3) is 0 Å². The molecule has 0 aromatic carbocycles. The quantitative estimate of drug-likeness (QED) is 0.468. The van der Waals surface area contributed by atoms with Gasteiger partial charge < -0.3 is 15.4 Å². The van der Waals surface area contributed by atoms with Crippen LogP contribution >= 0.6 is 38.6 Å². The molecule has 0 radical (unpaired) electrons. The average Bonchev–Trinajstić information content (AvgIpc) is 3.21. The summed E-state index contributed by atoms with van der Waals surface area (Å²) < 4.78 is 6.72. The summed E-state index contributed by atoms with van der Waals surface area (Å²) in [5, 5.41) is 9.89. The minimum atomic E-state index is -0.584. The highest BCUT2D eigenvalue weighted by Crippen LogP contribution is 2.39. The Bertz CT molecular complexity index is 1010. The Morgan fingerprint density at radius 2 is 1.87 bits per heavy atom. The van der Waals surface area contributed by atoms with E-state index in [1.165, 1.54) is 26.7 Å². The zero-order chi connectivity index (χ0) is 22.2. The lowest BCUT2D eigenvalue weighted by Gasteiger charge is -2.21. The number of halogens is 1. The van der Waals surface area contributed by atoms with Crippen LogP contribution in [0.15, 0.2) is 3.79 Å². The Kier molecular flexibility index (Phi) is 6.76. The molecule has 0 fully saturated rings. The molecule has 3 heterocycles. The maximum absolute atomic E-state index is 12.9. The van der Waals surface area contributed by atoms with Crippen LogP contribution < -0.4 is 16.0 Å². The predicted molar refractivity (Wildman–Crippen MR) is 129 cm³/mol. The van der Waals surface area contributed by atoms with Gasteiger partial charge in [0.05, 0.1) is 9.35 Å². The highest BCUT2D eigenvalue weighted by atomic mass is 79.9. The van der Waals surface area contributed by atoms with Gasteiger partial charge in [-0.2, -0.15) is 0 Å². The summed E-state index contributed by atoms with van der Waals surface area (Å²) in [6, 6.07) is -0.302. The topological polar surface area (TPSA) is 79.5 Å². The zero-order valence-corrected chi connectivity index (χ0v) is 21.3. The monoisotopic (exact) mass is 525 g/mol. The van der Waals surface area contributed by atoms with E-state index >= 15 is 0 Å². The molecule has 31 heavy (non-hydrogen) atoms. The molecule has 2 aromatic heterocycles. The van der Waals surface area contributed by atoms with E-state index < -0.39 is 5.60 Å². The molecule has 2 aromatic rings. The van der Waals surface area contributed by atoms with Gasteiger partial charge in [0.15, 0.2) is 0 Å². The summed E-state index contributed by atoms with van der Waals surface area (Å²) in [6.07, 6.45) is 4.93. The molecule has 0 saturated heterocycles. The number of thiophene rings is 2. The number of carbonyl (C=O) groups is 2. The number of anilines is 1. The van der Waals surface area contributed by atoms with Crippen molar-refractivity contribution >= 4 is 55.6 Å². The third-order valence-electron chi connectivity index (χ3n) is 5.42. The molecule has 1 aliphatic carbocycles. The normalized spacial score (nSPS) is 15.7. The lowest BCUT2D eigenvalue weighted by molar-refractivity contribution is 0.00699. The van der Waals surface area contributed by atoms with Crippen molar-refractivity contribution in [3.8, 4) is 0 Å². The number of nitrogens with one attached hydrogen (secondary N) is 3. The number of amides is 2. The van der Waals surface area contributed by atoms with E-state index in [2.05, 4.69) is 31.9 Å². The van der Waals surface area contributed by atoms with Crippen LogP contribution in [-0.2, 0) is 37.1 Å². The Morgan fingerprint density at radius 1 is 1.10 bits per heavy atom. The van der Waals surface area contributed by atoms with Gasteiger partial charge in [0, 0.05) is 22.8 Å². The molecule has 2 aliphatic rings. The van der Waals surface area contributed by atoms with Crippen molar-refractivity contribution in [2.45, 2.75) is 71.6 Å². The fourth-order valence-corrected chi connectivity index (χ4v) is 7.35. The molecule has 168 valence electrons. The molecule has 2 amide bonds.